The minimum Gasteiger partial charge on any atom is -0.344 e. The predicted octanol–water partition coefficient (Wildman–Crippen LogP) is -0.0160. The van der Waals surface area contributed by atoms with Crippen LogP contribution in [0.1, 0.15) is 29.0 Å². The highest BCUT2D eigenvalue weighted by Gasteiger charge is 2.12. The topological polar surface area (TPSA) is 104 Å². The number of carbonyl (C=O) groups is 1. The third-order valence-electron chi connectivity index (χ3n) is 2.27. The van der Waals surface area contributed by atoms with Crippen molar-refractivity contribution < 1.29 is 4.79 Å². The first-order valence-corrected chi connectivity index (χ1v) is 5.01. The van der Waals surface area contributed by atoms with Gasteiger partial charge in [0.05, 0.1) is 18.4 Å². The van der Waals surface area contributed by atoms with E-state index in [1.165, 1.54) is 6.20 Å². The number of hydrogen-bond acceptors (Lipinski definition) is 4. The lowest BCUT2D eigenvalue weighted by Crippen LogP contribution is -2.28. The van der Waals surface area contributed by atoms with E-state index >= 15 is 0 Å². The summed E-state index contributed by atoms with van der Waals surface area (Å²) in [5, 5.41) is 9.20. The molecule has 17 heavy (non-hydrogen) atoms. The summed E-state index contributed by atoms with van der Waals surface area (Å²) >= 11 is 0. The summed E-state index contributed by atoms with van der Waals surface area (Å²) in [5.41, 5.74) is 0.687. The Bertz CT molecular complexity index is 540. The van der Waals surface area contributed by atoms with E-state index in [-0.39, 0.29) is 23.2 Å². The van der Waals surface area contributed by atoms with E-state index in [0.717, 1.165) is 11.8 Å². The first-order valence-electron chi connectivity index (χ1n) is 5.01. The van der Waals surface area contributed by atoms with Crippen molar-refractivity contribution in [3.8, 4) is 0 Å². The van der Waals surface area contributed by atoms with Crippen LogP contribution in [0.15, 0.2) is 29.6 Å². The van der Waals surface area contributed by atoms with Crippen molar-refractivity contribution in [2.75, 3.05) is 0 Å². The Labute approximate surface area is 96.3 Å². The largest absolute Gasteiger partial charge is 0.344 e. The zero-order valence-corrected chi connectivity index (χ0v) is 9.10. The van der Waals surface area contributed by atoms with Crippen molar-refractivity contribution in [2.45, 2.75) is 13.0 Å². The fourth-order valence-corrected chi connectivity index (χ4v) is 1.32. The highest BCUT2D eigenvalue weighted by molar-refractivity contribution is 5.92. The molecule has 3 N–H and O–H groups in total. The molecule has 0 spiro atoms. The lowest BCUT2D eigenvalue weighted by molar-refractivity contribution is 0.0934. The van der Waals surface area contributed by atoms with Gasteiger partial charge >= 0.3 is 0 Å². The zero-order valence-electron chi connectivity index (χ0n) is 9.10. The van der Waals surface area contributed by atoms with Gasteiger partial charge in [-0.2, -0.15) is 5.10 Å². The smallest absolute Gasteiger partial charge is 0.271 e. The summed E-state index contributed by atoms with van der Waals surface area (Å²) in [6, 6.07) is -0.185. The normalized spacial score (nSPS) is 12.1. The third-order valence-corrected chi connectivity index (χ3v) is 2.27. The molecule has 0 bridgehead atoms. The molecule has 88 valence electrons. The molecule has 0 aliphatic rings. The van der Waals surface area contributed by atoms with Crippen LogP contribution in [0.4, 0.5) is 0 Å². The van der Waals surface area contributed by atoms with E-state index in [2.05, 4.69) is 25.5 Å². The Hall–Kier alpha value is -2.44. The number of carbonyl (C=O) groups excluding carboxylic acids is 1. The maximum absolute atomic E-state index is 11.7. The summed E-state index contributed by atoms with van der Waals surface area (Å²) in [6.45, 7) is 1.83. The number of nitrogens with one attached hydrogen (secondary N) is 3. The fraction of sp³-hybridized carbons (Fsp3) is 0.200. The maximum atomic E-state index is 11.7. The standard InChI is InChI=1S/C10H11N5O2/c1-6(7-2-13-14-3-7)15-10(17)8-4-12-9(16)5-11-8/h2-6H,1H3,(H,12,16)(H,13,14)(H,15,17). The van der Waals surface area contributed by atoms with Gasteiger partial charge in [0.25, 0.3) is 11.5 Å². The Kier molecular flexibility index (Phi) is 2.99. The quantitative estimate of drug-likeness (QED) is 0.693. The van der Waals surface area contributed by atoms with Gasteiger partial charge in [-0.15, -0.1) is 0 Å². The SMILES string of the molecule is CC(NC(=O)c1c[nH]c(=O)cn1)c1cn[nH]c1. The van der Waals surface area contributed by atoms with Gasteiger partial charge in [-0.25, -0.2) is 4.98 Å². The Morgan fingerprint density at radius 3 is 2.82 bits per heavy atom. The number of hydrogen-bond donors (Lipinski definition) is 3. The van der Waals surface area contributed by atoms with Crippen LogP contribution in [0.5, 0.6) is 0 Å². The molecule has 1 unspecified atom stereocenters. The minimum atomic E-state index is -0.352. The van der Waals surface area contributed by atoms with E-state index in [9.17, 15) is 9.59 Å². The molecule has 1 amide bonds. The van der Waals surface area contributed by atoms with Gasteiger partial charge in [0, 0.05) is 18.0 Å². The van der Waals surface area contributed by atoms with Crippen molar-refractivity contribution >= 4 is 5.91 Å². The average molecular weight is 233 g/mol. The van der Waals surface area contributed by atoms with Crippen molar-refractivity contribution in [3.05, 3.63) is 46.4 Å². The van der Waals surface area contributed by atoms with E-state index in [0.29, 0.717) is 0 Å². The molecule has 2 heterocycles. The molecule has 1 atom stereocenters. The van der Waals surface area contributed by atoms with E-state index in [1.807, 2.05) is 6.92 Å². The van der Waals surface area contributed by atoms with Gasteiger partial charge in [0.2, 0.25) is 0 Å². The van der Waals surface area contributed by atoms with Crippen LogP contribution in [0, 0.1) is 0 Å². The number of nitrogens with zero attached hydrogens (tertiary/aromatic N) is 2. The number of H-pyrrole nitrogens is 2. The molecule has 0 saturated carbocycles. The van der Waals surface area contributed by atoms with E-state index in [4.69, 9.17) is 0 Å². The third kappa shape index (κ3) is 2.57. The van der Waals surface area contributed by atoms with Gasteiger partial charge in [0.1, 0.15) is 5.69 Å². The zero-order chi connectivity index (χ0) is 12.3. The molecule has 7 nitrogen and oxygen atoms in total. The second-order valence-electron chi connectivity index (χ2n) is 3.52. The molecule has 0 saturated heterocycles. The summed E-state index contributed by atoms with van der Waals surface area (Å²) in [5.74, 6) is -0.352. The molecule has 0 fully saturated rings. The molecule has 2 rings (SSSR count). The van der Waals surface area contributed by atoms with Crippen LogP contribution < -0.4 is 10.9 Å². The van der Waals surface area contributed by atoms with Gasteiger partial charge in [-0.3, -0.25) is 14.7 Å². The molecule has 2 aromatic heterocycles. The first-order chi connectivity index (χ1) is 8.16. The highest BCUT2D eigenvalue weighted by Crippen LogP contribution is 2.09. The monoisotopic (exact) mass is 233 g/mol. The average Bonchev–Trinajstić information content (AvgIpc) is 2.83. The highest BCUT2D eigenvalue weighted by atomic mass is 16.2. The second kappa shape index (κ2) is 4.60. The molecule has 7 heteroatoms. The Morgan fingerprint density at radius 1 is 1.41 bits per heavy atom. The number of aromatic nitrogens is 4. The van der Waals surface area contributed by atoms with Crippen LogP contribution in [0.25, 0.3) is 0 Å². The van der Waals surface area contributed by atoms with Gasteiger partial charge in [-0.1, -0.05) is 0 Å². The summed E-state index contributed by atoms with van der Waals surface area (Å²) in [7, 11) is 0. The first kappa shape index (κ1) is 11.1. The molecule has 0 radical (unpaired) electrons. The van der Waals surface area contributed by atoms with Crippen molar-refractivity contribution in [1.82, 2.24) is 25.5 Å². The summed E-state index contributed by atoms with van der Waals surface area (Å²) in [4.78, 5) is 28.7. The number of amides is 1. The summed E-state index contributed by atoms with van der Waals surface area (Å²) in [6.07, 6.45) is 5.67. The molecule has 0 aliphatic carbocycles. The Morgan fingerprint density at radius 2 is 2.24 bits per heavy atom. The molecule has 0 aromatic carbocycles. The molecular formula is C10H11N5O2. The Balaban J connectivity index is 2.07. The van der Waals surface area contributed by atoms with Gasteiger partial charge < -0.3 is 10.3 Å². The lowest BCUT2D eigenvalue weighted by atomic mass is 10.2. The lowest BCUT2D eigenvalue weighted by Gasteiger charge is -2.10. The van der Waals surface area contributed by atoms with E-state index in [1.54, 1.807) is 12.4 Å². The van der Waals surface area contributed by atoms with Crippen LogP contribution in [0.2, 0.25) is 0 Å². The molecule has 2 aromatic rings. The molecular weight excluding hydrogens is 222 g/mol. The van der Waals surface area contributed by atoms with E-state index < -0.39 is 0 Å². The summed E-state index contributed by atoms with van der Waals surface area (Å²) < 4.78 is 0. The van der Waals surface area contributed by atoms with Crippen molar-refractivity contribution in [2.24, 2.45) is 0 Å². The molecule has 0 aliphatic heterocycles. The maximum Gasteiger partial charge on any atom is 0.271 e. The van der Waals surface area contributed by atoms with Crippen LogP contribution >= 0.6 is 0 Å². The van der Waals surface area contributed by atoms with Crippen molar-refractivity contribution in [3.63, 3.8) is 0 Å². The number of rotatable bonds is 3. The van der Waals surface area contributed by atoms with Gasteiger partial charge in [-0.05, 0) is 6.92 Å². The van der Waals surface area contributed by atoms with Crippen LogP contribution in [-0.4, -0.2) is 26.1 Å². The second-order valence-corrected chi connectivity index (χ2v) is 3.52. The van der Waals surface area contributed by atoms with Gasteiger partial charge in [0.15, 0.2) is 0 Å². The fourth-order valence-electron chi connectivity index (χ4n) is 1.32. The van der Waals surface area contributed by atoms with Crippen LogP contribution in [0.3, 0.4) is 0 Å². The predicted molar refractivity (Wildman–Crippen MR) is 59.3 cm³/mol. The van der Waals surface area contributed by atoms with Crippen LogP contribution in [-0.2, 0) is 0 Å². The number of aromatic amines is 2. The minimum absolute atomic E-state index is 0.167. The van der Waals surface area contributed by atoms with Crippen molar-refractivity contribution in [1.29, 1.82) is 0 Å².